The Morgan fingerprint density at radius 3 is 2.68 bits per heavy atom. The Morgan fingerprint density at radius 1 is 1.32 bits per heavy atom. The van der Waals surface area contributed by atoms with Gasteiger partial charge in [0.2, 0.25) is 0 Å². The van der Waals surface area contributed by atoms with Gasteiger partial charge in [0.1, 0.15) is 5.82 Å². The van der Waals surface area contributed by atoms with Crippen LogP contribution in [0, 0.1) is 5.82 Å². The van der Waals surface area contributed by atoms with E-state index in [1.807, 2.05) is 18.4 Å². The minimum atomic E-state index is -0.275. The summed E-state index contributed by atoms with van der Waals surface area (Å²) in [4.78, 5) is 1.04. The topological polar surface area (TPSA) is 12.0 Å². The predicted octanol–water partition coefficient (Wildman–Crippen LogP) is 5.09. The highest BCUT2D eigenvalue weighted by atomic mass is 35.5. The van der Waals surface area contributed by atoms with Crippen molar-refractivity contribution in [2.75, 3.05) is 6.54 Å². The number of thiophene rings is 1. The third-order valence-corrected chi connectivity index (χ3v) is 4.56. The Hall–Kier alpha value is -0.610. The number of likely N-dealkylation sites (N-methyl/N-ethyl adjacent to an activating group) is 1. The lowest BCUT2D eigenvalue weighted by Crippen LogP contribution is -2.22. The highest BCUT2D eigenvalue weighted by molar-refractivity contribution is 7.10. The van der Waals surface area contributed by atoms with E-state index < -0.39 is 0 Å². The van der Waals surface area contributed by atoms with Crippen LogP contribution in [-0.2, 0) is 6.42 Å². The average molecular weight is 318 g/mol. The Bertz CT molecular complexity index is 556. The lowest BCUT2D eigenvalue weighted by atomic mass is 10.0. The van der Waals surface area contributed by atoms with Crippen LogP contribution in [0.15, 0.2) is 29.6 Å². The first-order valence-electron chi connectivity index (χ1n) is 6.02. The summed E-state index contributed by atoms with van der Waals surface area (Å²) < 4.78 is 13.9. The minimum Gasteiger partial charge on any atom is -0.309 e. The molecule has 1 atom stereocenters. The molecule has 5 heteroatoms. The molecular weight excluding hydrogens is 304 g/mol. The molecule has 1 N–H and O–H groups in total. The zero-order valence-corrected chi connectivity index (χ0v) is 12.7. The van der Waals surface area contributed by atoms with Crippen LogP contribution in [0.4, 0.5) is 4.39 Å². The Kier molecular flexibility index (Phi) is 5.22. The van der Waals surface area contributed by atoms with Gasteiger partial charge in [-0.25, -0.2) is 4.39 Å². The molecule has 0 aliphatic heterocycles. The fraction of sp³-hybridized carbons (Fsp3) is 0.286. The summed E-state index contributed by atoms with van der Waals surface area (Å²) >= 11 is 13.5. The van der Waals surface area contributed by atoms with E-state index in [9.17, 15) is 4.39 Å². The molecule has 1 aromatic carbocycles. The molecule has 19 heavy (non-hydrogen) atoms. The van der Waals surface area contributed by atoms with Crippen molar-refractivity contribution in [3.8, 4) is 0 Å². The van der Waals surface area contributed by atoms with Crippen LogP contribution in [0.25, 0.3) is 0 Å². The van der Waals surface area contributed by atoms with Gasteiger partial charge in [0.15, 0.2) is 0 Å². The maximum Gasteiger partial charge on any atom is 0.127 e. The first-order chi connectivity index (χ1) is 9.11. The minimum absolute atomic E-state index is 0.0215. The lowest BCUT2D eigenvalue weighted by Gasteiger charge is -2.17. The van der Waals surface area contributed by atoms with Gasteiger partial charge in [-0.05, 0) is 42.1 Å². The summed E-state index contributed by atoms with van der Waals surface area (Å²) in [5.74, 6) is -0.275. The molecule has 0 saturated heterocycles. The van der Waals surface area contributed by atoms with Crippen LogP contribution < -0.4 is 5.32 Å². The first kappa shape index (κ1) is 14.8. The van der Waals surface area contributed by atoms with E-state index >= 15 is 0 Å². The summed E-state index contributed by atoms with van der Waals surface area (Å²) in [6.07, 6.45) is 0.553. The third-order valence-electron chi connectivity index (χ3n) is 2.85. The maximum absolute atomic E-state index is 13.9. The van der Waals surface area contributed by atoms with Crippen LogP contribution in [0.1, 0.15) is 23.4 Å². The molecule has 0 bridgehead atoms. The number of benzene rings is 1. The SMILES string of the molecule is CCNC(Cc1ccc(Cl)cc1F)c1sccc1Cl. The second-order valence-corrected chi connectivity index (χ2v) is 5.97. The Balaban J connectivity index is 2.24. The van der Waals surface area contributed by atoms with E-state index in [4.69, 9.17) is 23.2 Å². The molecule has 1 heterocycles. The number of nitrogens with one attached hydrogen (secondary N) is 1. The van der Waals surface area contributed by atoms with Crippen LogP contribution in [-0.4, -0.2) is 6.54 Å². The molecule has 0 saturated carbocycles. The van der Waals surface area contributed by atoms with Gasteiger partial charge in [-0.15, -0.1) is 11.3 Å². The van der Waals surface area contributed by atoms with Crippen LogP contribution in [0.5, 0.6) is 0 Å². The monoisotopic (exact) mass is 317 g/mol. The molecule has 102 valence electrons. The van der Waals surface area contributed by atoms with Gasteiger partial charge in [0.05, 0.1) is 5.02 Å². The van der Waals surface area contributed by atoms with E-state index in [0.29, 0.717) is 17.0 Å². The maximum atomic E-state index is 13.9. The predicted molar refractivity (Wildman–Crippen MR) is 80.9 cm³/mol. The van der Waals surface area contributed by atoms with Crippen LogP contribution >= 0.6 is 34.5 Å². The van der Waals surface area contributed by atoms with Crippen molar-refractivity contribution in [3.63, 3.8) is 0 Å². The van der Waals surface area contributed by atoms with Crippen LogP contribution in [0.2, 0.25) is 10.0 Å². The van der Waals surface area contributed by atoms with Gasteiger partial charge in [-0.2, -0.15) is 0 Å². The van der Waals surface area contributed by atoms with E-state index in [-0.39, 0.29) is 11.9 Å². The fourth-order valence-electron chi connectivity index (χ4n) is 1.97. The van der Waals surface area contributed by atoms with Gasteiger partial charge in [-0.1, -0.05) is 36.2 Å². The highest BCUT2D eigenvalue weighted by Gasteiger charge is 2.17. The van der Waals surface area contributed by atoms with E-state index in [1.54, 1.807) is 23.5 Å². The first-order valence-corrected chi connectivity index (χ1v) is 7.65. The smallest absolute Gasteiger partial charge is 0.127 e. The second kappa shape index (κ2) is 6.71. The largest absolute Gasteiger partial charge is 0.309 e. The van der Waals surface area contributed by atoms with Crippen LogP contribution in [0.3, 0.4) is 0 Å². The molecule has 0 aliphatic rings. The molecule has 0 spiro atoms. The molecule has 1 aromatic heterocycles. The van der Waals surface area contributed by atoms with Crippen molar-refractivity contribution < 1.29 is 4.39 Å². The van der Waals surface area contributed by atoms with Crippen molar-refractivity contribution in [1.29, 1.82) is 0 Å². The highest BCUT2D eigenvalue weighted by Crippen LogP contribution is 2.31. The summed E-state index contributed by atoms with van der Waals surface area (Å²) in [6.45, 7) is 2.82. The van der Waals surface area contributed by atoms with E-state index in [2.05, 4.69) is 5.32 Å². The molecule has 2 aromatic rings. The molecule has 2 rings (SSSR count). The quantitative estimate of drug-likeness (QED) is 0.810. The summed E-state index contributed by atoms with van der Waals surface area (Å²) in [6, 6.07) is 6.66. The van der Waals surface area contributed by atoms with E-state index in [0.717, 1.165) is 16.4 Å². The number of hydrogen-bond donors (Lipinski definition) is 1. The molecule has 0 radical (unpaired) electrons. The summed E-state index contributed by atoms with van der Waals surface area (Å²) in [5.41, 5.74) is 0.639. The van der Waals surface area contributed by atoms with E-state index in [1.165, 1.54) is 6.07 Å². The molecular formula is C14H14Cl2FNS. The lowest BCUT2D eigenvalue weighted by molar-refractivity contribution is 0.534. The Morgan fingerprint density at radius 2 is 2.11 bits per heavy atom. The second-order valence-electron chi connectivity index (χ2n) is 4.18. The summed E-state index contributed by atoms with van der Waals surface area (Å²) in [5, 5.41) is 6.43. The van der Waals surface area contributed by atoms with Gasteiger partial charge >= 0.3 is 0 Å². The molecule has 1 unspecified atom stereocenters. The fourth-order valence-corrected chi connectivity index (χ4v) is 3.39. The molecule has 0 aliphatic carbocycles. The molecule has 1 nitrogen and oxygen atoms in total. The van der Waals surface area contributed by atoms with Crippen molar-refractivity contribution in [2.24, 2.45) is 0 Å². The van der Waals surface area contributed by atoms with Gasteiger partial charge in [0.25, 0.3) is 0 Å². The number of hydrogen-bond acceptors (Lipinski definition) is 2. The van der Waals surface area contributed by atoms with Gasteiger partial charge in [0, 0.05) is 15.9 Å². The zero-order valence-electron chi connectivity index (χ0n) is 10.4. The summed E-state index contributed by atoms with van der Waals surface area (Å²) in [7, 11) is 0. The van der Waals surface area contributed by atoms with Crippen molar-refractivity contribution >= 4 is 34.5 Å². The average Bonchev–Trinajstić information content (AvgIpc) is 2.78. The van der Waals surface area contributed by atoms with Gasteiger partial charge in [-0.3, -0.25) is 0 Å². The van der Waals surface area contributed by atoms with Crippen molar-refractivity contribution in [1.82, 2.24) is 5.32 Å². The molecule has 0 fully saturated rings. The molecule has 0 amide bonds. The standard InChI is InChI=1S/C14H14Cl2FNS/c1-2-18-13(14-11(16)5-6-19-14)7-9-3-4-10(15)8-12(9)17/h3-6,8,13,18H,2,7H2,1H3. The number of halogens is 3. The van der Waals surface area contributed by atoms with Crippen molar-refractivity contribution in [3.05, 3.63) is 55.9 Å². The third kappa shape index (κ3) is 3.69. The normalized spacial score (nSPS) is 12.6. The van der Waals surface area contributed by atoms with Gasteiger partial charge < -0.3 is 5.32 Å². The van der Waals surface area contributed by atoms with Crippen molar-refractivity contribution in [2.45, 2.75) is 19.4 Å². The Labute approximate surface area is 126 Å². The zero-order chi connectivity index (χ0) is 13.8. The number of rotatable bonds is 5.